The second-order valence-corrected chi connectivity index (χ2v) is 3.95. The van der Waals surface area contributed by atoms with Gasteiger partial charge in [-0.15, -0.1) is 0 Å². The van der Waals surface area contributed by atoms with Crippen LogP contribution in [0.25, 0.3) is 0 Å². The first kappa shape index (κ1) is 6.66. The van der Waals surface area contributed by atoms with Crippen molar-refractivity contribution in [3.63, 3.8) is 0 Å². The monoisotopic (exact) mass is 140 g/mol. The van der Waals surface area contributed by atoms with Crippen LogP contribution >= 0.6 is 0 Å². The Morgan fingerprint density at radius 2 is 2.10 bits per heavy atom. The molecule has 0 aromatic heterocycles. The minimum atomic E-state index is 0.411. The van der Waals surface area contributed by atoms with Crippen LogP contribution in [0.4, 0.5) is 0 Å². The van der Waals surface area contributed by atoms with Gasteiger partial charge in [0.1, 0.15) is 0 Å². The molecule has 0 spiro atoms. The summed E-state index contributed by atoms with van der Waals surface area (Å²) in [4.78, 5) is 0. The summed E-state index contributed by atoms with van der Waals surface area (Å²) in [6, 6.07) is 0. The molecule has 2 rings (SSSR count). The molecule has 1 heteroatoms. The highest BCUT2D eigenvalue weighted by atomic mass is 16.3. The van der Waals surface area contributed by atoms with Crippen LogP contribution in [0.2, 0.25) is 0 Å². The predicted molar refractivity (Wildman–Crippen MR) is 40.6 cm³/mol. The Morgan fingerprint density at radius 3 is 2.60 bits per heavy atom. The van der Waals surface area contributed by atoms with Gasteiger partial charge in [0.25, 0.3) is 0 Å². The van der Waals surface area contributed by atoms with Crippen LogP contribution in [-0.4, -0.2) is 11.7 Å². The first-order chi connectivity index (χ1) is 4.90. The number of aliphatic hydroxyl groups excluding tert-OH is 1. The van der Waals surface area contributed by atoms with Crippen molar-refractivity contribution in [1.29, 1.82) is 0 Å². The summed E-state index contributed by atoms with van der Waals surface area (Å²) in [5, 5.41) is 8.75. The van der Waals surface area contributed by atoms with Gasteiger partial charge < -0.3 is 5.11 Å². The topological polar surface area (TPSA) is 20.2 Å². The molecular weight excluding hydrogens is 124 g/mol. The van der Waals surface area contributed by atoms with Crippen LogP contribution in [-0.2, 0) is 0 Å². The Hall–Kier alpha value is -0.0400. The number of aliphatic hydroxyl groups is 1. The standard InChI is InChI=1S/C9H16O/c10-4-3-9-6-7-1-2-8(9)5-7/h7-10H,1-6H2/t7-,8+,9?/m1/s1. The summed E-state index contributed by atoms with van der Waals surface area (Å²) in [6.07, 6.45) is 6.90. The summed E-state index contributed by atoms with van der Waals surface area (Å²) in [6.45, 7) is 0.411. The first-order valence-electron chi connectivity index (χ1n) is 4.51. The van der Waals surface area contributed by atoms with Crippen LogP contribution in [0.15, 0.2) is 0 Å². The lowest BCUT2D eigenvalue weighted by molar-refractivity contribution is 0.219. The number of hydrogen-bond donors (Lipinski definition) is 1. The van der Waals surface area contributed by atoms with E-state index in [4.69, 9.17) is 5.11 Å². The quantitative estimate of drug-likeness (QED) is 0.620. The highest BCUT2D eigenvalue weighted by molar-refractivity contribution is 4.89. The maximum absolute atomic E-state index is 8.75. The second-order valence-electron chi connectivity index (χ2n) is 3.95. The summed E-state index contributed by atoms with van der Waals surface area (Å²) in [5.74, 6) is 2.93. The Labute approximate surface area is 62.4 Å². The van der Waals surface area contributed by atoms with E-state index in [1.54, 1.807) is 0 Å². The Kier molecular flexibility index (Phi) is 1.69. The molecule has 0 heterocycles. The summed E-state index contributed by atoms with van der Waals surface area (Å²) >= 11 is 0. The van der Waals surface area contributed by atoms with Crippen molar-refractivity contribution in [2.24, 2.45) is 17.8 Å². The highest BCUT2D eigenvalue weighted by Crippen LogP contribution is 2.49. The fraction of sp³-hybridized carbons (Fsp3) is 1.00. The summed E-state index contributed by atoms with van der Waals surface area (Å²) in [7, 11) is 0. The van der Waals surface area contributed by atoms with Gasteiger partial charge in [0.15, 0.2) is 0 Å². The first-order valence-corrected chi connectivity index (χ1v) is 4.51. The van der Waals surface area contributed by atoms with Crippen molar-refractivity contribution in [1.82, 2.24) is 0 Å². The van der Waals surface area contributed by atoms with E-state index in [1.807, 2.05) is 0 Å². The average molecular weight is 140 g/mol. The normalized spacial score (nSPS) is 44.7. The van der Waals surface area contributed by atoms with Gasteiger partial charge in [-0.3, -0.25) is 0 Å². The summed E-state index contributed by atoms with van der Waals surface area (Å²) in [5.41, 5.74) is 0. The SMILES string of the molecule is OCCC1C[C@@H]2CC[C@H]1C2. The van der Waals surface area contributed by atoms with Crippen LogP contribution in [0, 0.1) is 17.8 Å². The van der Waals surface area contributed by atoms with Crippen molar-refractivity contribution in [3.8, 4) is 0 Å². The molecule has 2 aliphatic carbocycles. The van der Waals surface area contributed by atoms with E-state index in [9.17, 15) is 0 Å². The number of rotatable bonds is 2. The molecule has 0 amide bonds. The lowest BCUT2D eigenvalue weighted by Crippen LogP contribution is -2.11. The van der Waals surface area contributed by atoms with Crippen LogP contribution in [0.3, 0.4) is 0 Å². The molecule has 0 aromatic rings. The van der Waals surface area contributed by atoms with Gasteiger partial charge in [-0.1, -0.05) is 6.42 Å². The molecule has 0 radical (unpaired) electrons. The van der Waals surface area contributed by atoms with E-state index in [0.29, 0.717) is 6.61 Å². The van der Waals surface area contributed by atoms with Crippen LogP contribution in [0.5, 0.6) is 0 Å². The van der Waals surface area contributed by atoms with Crippen molar-refractivity contribution < 1.29 is 5.11 Å². The number of hydrogen-bond acceptors (Lipinski definition) is 1. The zero-order chi connectivity index (χ0) is 6.97. The smallest absolute Gasteiger partial charge is 0.0433 e. The van der Waals surface area contributed by atoms with E-state index in [1.165, 1.54) is 25.7 Å². The maximum Gasteiger partial charge on any atom is 0.0433 e. The third-order valence-electron chi connectivity index (χ3n) is 3.38. The molecule has 0 saturated heterocycles. The minimum absolute atomic E-state index is 0.411. The molecule has 2 fully saturated rings. The zero-order valence-electron chi connectivity index (χ0n) is 6.42. The van der Waals surface area contributed by atoms with Gasteiger partial charge >= 0.3 is 0 Å². The molecule has 3 atom stereocenters. The lowest BCUT2D eigenvalue weighted by Gasteiger charge is -2.19. The maximum atomic E-state index is 8.75. The highest BCUT2D eigenvalue weighted by Gasteiger charge is 2.38. The van der Waals surface area contributed by atoms with Gasteiger partial charge in [0.05, 0.1) is 0 Å². The zero-order valence-corrected chi connectivity index (χ0v) is 6.42. The van der Waals surface area contributed by atoms with Crippen LogP contribution < -0.4 is 0 Å². The fourth-order valence-electron chi connectivity index (χ4n) is 2.90. The molecule has 0 aliphatic heterocycles. The largest absolute Gasteiger partial charge is 0.396 e. The molecule has 2 aliphatic rings. The van der Waals surface area contributed by atoms with Crippen LogP contribution in [0.1, 0.15) is 32.1 Å². The molecule has 1 nitrogen and oxygen atoms in total. The summed E-state index contributed by atoms with van der Waals surface area (Å²) < 4.78 is 0. The van der Waals surface area contributed by atoms with Gasteiger partial charge in [-0.25, -0.2) is 0 Å². The van der Waals surface area contributed by atoms with Crippen molar-refractivity contribution in [3.05, 3.63) is 0 Å². The van der Waals surface area contributed by atoms with E-state index < -0.39 is 0 Å². The molecule has 58 valence electrons. The lowest BCUT2D eigenvalue weighted by atomic mass is 9.87. The third kappa shape index (κ3) is 0.968. The van der Waals surface area contributed by atoms with Gasteiger partial charge in [-0.2, -0.15) is 0 Å². The number of fused-ring (bicyclic) bond motifs is 2. The van der Waals surface area contributed by atoms with Crippen molar-refractivity contribution in [2.75, 3.05) is 6.61 Å². The van der Waals surface area contributed by atoms with Crippen molar-refractivity contribution in [2.45, 2.75) is 32.1 Å². The minimum Gasteiger partial charge on any atom is -0.396 e. The third-order valence-corrected chi connectivity index (χ3v) is 3.38. The molecule has 1 unspecified atom stereocenters. The van der Waals surface area contributed by atoms with E-state index in [0.717, 1.165) is 24.2 Å². The molecule has 2 bridgehead atoms. The Balaban J connectivity index is 1.90. The molecule has 0 aromatic carbocycles. The average Bonchev–Trinajstić information content (AvgIpc) is 2.48. The molecule has 2 saturated carbocycles. The molecule has 10 heavy (non-hydrogen) atoms. The second kappa shape index (κ2) is 2.54. The van der Waals surface area contributed by atoms with E-state index in [-0.39, 0.29) is 0 Å². The van der Waals surface area contributed by atoms with Crippen molar-refractivity contribution >= 4 is 0 Å². The van der Waals surface area contributed by atoms with Gasteiger partial charge in [0, 0.05) is 6.61 Å². The predicted octanol–water partition coefficient (Wildman–Crippen LogP) is 1.80. The van der Waals surface area contributed by atoms with E-state index >= 15 is 0 Å². The van der Waals surface area contributed by atoms with Gasteiger partial charge in [-0.05, 0) is 43.4 Å². The Morgan fingerprint density at radius 1 is 1.20 bits per heavy atom. The Bertz CT molecular complexity index is 122. The van der Waals surface area contributed by atoms with E-state index in [2.05, 4.69) is 0 Å². The molecular formula is C9H16O. The van der Waals surface area contributed by atoms with Gasteiger partial charge in [0.2, 0.25) is 0 Å². The molecule has 1 N–H and O–H groups in total. The fourth-order valence-corrected chi connectivity index (χ4v) is 2.90.